The summed E-state index contributed by atoms with van der Waals surface area (Å²) in [5.74, 6) is 0.402. The fourth-order valence-electron chi connectivity index (χ4n) is 7.64. The lowest BCUT2D eigenvalue weighted by Crippen LogP contribution is -2.28. The Morgan fingerprint density at radius 1 is 1.02 bits per heavy atom. The Morgan fingerprint density at radius 2 is 1.85 bits per heavy atom. The molecule has 248 valence electrons. The number of halogens is 2. The molecule has 9 nitrogen and oxygen atoms in total. The minimum Gasteiger partial charge on any atom is -0.493 e. The Labute approximate surface area is 285 Å². The topological polar surface area (TPSA) is 110 Å². The van der Waals surface area contributed by atoms with Crippen LogP contribution in [-0.2, 0) is 39.4 Å². The maximum atomic E-state index is 14.3. The Balaban J connectivity index is 1.27. The third kappa shape index (κ3) is 5.47. The van der Waals surface area contributed by atoms with Crippen LogP contribution in [-0.4, -0.2) is 41.4 Å². The van der Waals surface area contributed by atoms with E-state index in [0.29, 0.717) is 55.3 Å². The van der Waals surface area contributed by atoms with E-state index in [9.17, 15) is 14.6 Å². The van der Waals surface area contributed by atoms with Crippen molar-refractivity contribution in [3.05, 3.63) is 91.5 Å². The first-order valence-corrected chi connectivity index (χ1v) is 17.6. The smallest absolute Gasteiger partial charge is 0.194 e. The van der Waals surface area contributed by atoms with Gasteiger partial charge in [0.2, 0.25) is 0 Å². The molecule has 0 saturated carbocycles. The number of aromatic nitrogens is 5. The molecule has 1 unspecified atom stereocenters. The van der Waals surface area contributed by atoms with Gasteiger partial charge < -0.3 is 24.8 Å². The number of nitrogens with one attached hydrogen (secondary N) is 1. The fourth-order valence-corrected chi connectivity index (χ4v) is 8.69. The molecule has 0 radical (unpaired) electrons. The fraction of sp³-hybridized carbons (Fsp3) is 0.361. The molecule has 1 atom stereocenters. The summed E-state index contributed by atoms with van der Waals surface area (Å²) >= 11 is 8.66. The zero-order valence-corrected chi connectivity index (χ0v) is 28.3. The second-order valence-electron chi connectivity index (χ2n) is 12.8. The average Bonchev–Trinajstić information content (AvgIpc) is 3.74. The van der Waals surface area contributed by atoms with Gasteiger partial charge >= 0.3 is 0 Å². The van der Waals surface area contributed by atoms with Gasteiger partial charge in [0.05, 0.1) is 46.8 Å². The number of benzene rings is 3. The van der Waals surface area contributed by atoms with Crippen LogP contribution in [0.1, 0.15) is 69.8 Å². The maximum absolute atomic E-state index is 14.3. The summed E-state index contributed by atoms with van der Waals surface area (Å²) in [5.41, 5.74) is 6.91. The largest absolute Gasteiger partial charge is 0.493 e. The Bertz CT molecular complexity index is 2190. The summed E-state index contributed by atoms with van der Waals surface area (Å²) in [6.45, 7) is 3.77. The molecule has 5 heterocycles. The molecule has 8 bridgehead atoms. The van der Waals surface area contributed by atoms with E-state index in [2.05, 4.69) is 20.2 Å². The van der Waals surface area contributed by atoms with Crippen LogP contribution in [0.3, 0.4) is 0 Å². The van der Waals surface area contributed by atoms with Crippen molar-refractivity contribution in [1.82, 2.24) is 29.9 Å². The summed E-state index contributed by atoms with van der Waals surface area (Å²) < 4.78 is 24.6. The van der Waals surface area contributed by atoms with Crippen LogP contribution in [0, 0.1) is 12.7 Å². The predicted octanol–water partition coefficient (Wildman–Crippen LogP) is 6.87. The SMILES string of the molecule is Cc1nn2c3c1-c1c(Cl)ccc4c(c(C(O)O)n(C)c14)CCCOc1cc(cc4cc(F)ccc14)CCc1nnc(s1)CNC3CCC2. The van der Waals surface area contributed by atoms with E-state index >= 15 is 0 Å². The van der Waals surface area contributed by atoms with E-state index < -0.39 is 6.29 Å². The van der Waals surface area contributed by atoms with E-state index in [1.165, 1.54) is 6.07 Å². The highest BCUT2D eigenvalue weighted by molar-refractivity contribution is 7.11. The van der Waals surface area contributed by atoms with Gasteiger partial charge in [-0.2, -0.15) is 5.10 Å². The number of rotatable bonds is 1. The first-order chi connectivity index (χ1) is 23.3. The van der Waals surface area contributed by atoms with Gasteiger partial charge in [0.15, 0.2) is 6.29 Å². The molecular formula is C36H36ClFN6O3S. The summed E-state index contributed by atoms with van der Waals surface area (Å²) in [6, 6.07) is 12.7. The highest BCUT2D eigenvalue weighted by Crippen LogP contribution is 2.45. The van der Waals surface area contributed by atoms with Crippen molar-refractivity contribution >= 4 is 44.6 Å². The van der Waals surface area contributed by atoms with Crippen LogP contribution < -0.4 is 10.1 Å². The number of hydrogen-bond donors (Lipinski definition) is 3. The van der Waals surface area contributed by atoms with Gasteiger partial charge in [0, 0.05) is 41.9 Å². The van der Waals surface area contributed by atoms with Gasteiger partial charge in [-0.25, -0.2) is 4.39 Å². The third-order valence-corrected chi connectivity index (χ3v) is 11.0. The summed E-state index contributed by atoms with van der Waals surface area (Å²) in [5, 5.41) is 44.0. The van der Waals surface area contributed by atoms with Crippen molar-refractivity contribution in [2.24, 2.45) is 7.05 Å². The molecular weight excluding hydrogens is 651 g/mol. The second kappa shape index (κ2) is 12.5. The van der Waals surface area contributed by atoms with E-state index in [4.69, 9.17) is 21.4 Å². The molecule has 48 heavy (non-hydrogen) atoms. The summed E-state index contributed by atoms with van der Waals surface area (Å²) in [4.78, 5) is 0. The van der Waals surface area contributed by atoms with Gasteiger partial charge in [-0.15, -0.1) is 21.5 Å². The van der Waals surface area contributed by atoms with Crippen LogP contribution in [0.5, 0.6) is 5.75 Å². The molecule has 2 aliphatic heterocycles. The van der Waals surface area contributed by atoms with Gasteiger partial charge in [-0.05, 0) is 85.9 Å². The number of hydrogen-bond acceptors (Lipinski definition) is 8. The zero-order chi connectivity index (χ0) is 33.1. The Hall–Kier alpha value is -3.87. The molecule has 6 aromatic rings. The minimum atomic E-state index is -1.68. The molecule has 12 heteroatoms. The minimum absolute atomic E-state index is 0.0129. The second-order valence-corrected chi connectivity index (χ2v) is 14.3. The lowest BCUT2D eigenvalue weighted by molar-refractivity contribution is -0.0481. The third-order valence-electron chi connectivity index (χ3n) is 9.71. The molecule has 0 saturated heterocycles. The Kier molecular flexibility index (Phi) is 8.20. The maximum Gasteiger partial charge on any atom is 0.194 e. The molecule has 0 amide bonds. The van der Waals surface area contributed by atoms with Crippen molar-refractivity contribution < 1.29 is 19.3 Å². The first-order valence-electron chi connectivity index (χ1n) is 16.4. The van der Waals surface area contributed by atoms with Gasteiger partial charge in [-0.1, -0.05) is 23.7 Å². The van der Waals surface area contributed by atoms with E-state index in [0.717, 1.165) is 84.7 Å². The molecule has 8 rings (SSSR count). The Morgan fingerprint density at radius 3 is 2.71 bits per heavy atom. The highest BCUT2D eigenvalue weighted by Gasteiger charge is 2.32. The lowest BCUT2D eigenvalue weighted by atomic mass is 9.93. The van der Waals surface area contributed by atoms with Crippen LogP contribution in [0.25, 0.3) is 32.8 Å². The summed E-state index contributed by atoms with van der Waals surface area (Å²) in [7, 11) is 1.86. The van der Waals surface area contributed by atoms with E-state index in [1.54, 1.807) is 23.5 Å². The highest BCUT2D eigenvalue weighted by atomic mass is 35.5. The molecule has 0 aliphatic carbocycles. The monoisotopic (exact) mass is 686 g/mol. The molecule has 2 aliphatic rings. The van der Waals surface area contributed by atoms with E-state index in [1.807, 2.05) is 42.8 Å². The molecule has 0 spiro atoms. The van der Waals surface area contributed by atoms with E-state index in [-0.39, 0.29) is 11.9 Å². The standard InChI is InChI=1S/C36H36ClFN6O3S/c1-19-31-32-26(37)11-10-25-24(34(36(45)46)43(2)33(25)32)5-4-14-47-28-16-20(15-21-17-22(38)8-9-23(21)28)7-12-29-40-41-30(48-29)18-39-27-6-3-13-44(42-19)35(27)31/h8-11,15-17,27,36,39,45-46H,3-7,12-14,18H2,1-2H3. The van der Waals surface area contributed by atoms with Crippen molar-refractivity contribution in [2.45, 2.75) is 70.9 Å². The average molecular weight is 687 g/mol. The molecule has 3 N–H and O–H groups in total. The van der Waals surface area contributed by atoms with Crippen molar-refractivity contribution in [3.8, 4) is 16.9 Å². The van der Waals surface area contributed by atoms with Crippen LogP contribution in [0.4, 0.5) is 4.39 Å². The van der Waals surface area contributed by atoms with Crippen LogP contribution >= 0.6 is 22.9 Å². The predicted molar refractivity (Wildman–Crippen MR) is 185 cm³/mol. The first kappa shape index (κ1) is 31.4. The normalized spacial score (nSPS) is 17.1. The number of aliphatic hydroxyl groups excluding tert-OH is 1. The number of fused-ring (bicyclic) bond motifs is 7. The lowest BCUT2D eigenvalue weighted by Gasteiger charge is -2.26. The van der Waals surface area contributed by atoms with Gasteiger partial charge in [-0.3, -0.25) is 4.68 Å². The number of nitrogens with zero attached hydrogens (tertiary/aromatic N) is 5. The molecule has 3 aromatic heterocycles. The number of aliphatic hydroxyl groups is 2. The molecule has 0 fully saturated rings. The summed E-state index contributed by atoms with van der Waals surface area (Å²) in [6.07, 6.45) is 2.82. The van der Waals surface area contributed by atoms with Crippen molar-refractivity contribution in [1.29, 1.82) is 0 Å². The molecule has 3 aromatic carbocycles. The quantitative estimate of drug-likeness (QED) is 0.162. The van der Waals surface area contributed by atoms with Crippen molar-refractivity contribution in [3.63, 3.8) is 0 Å². The number of aryl methyl sites for hydroxylation is 6. The zero-order valence-electron chi connectivity index (χ0n) is 26.8. The van der Waals surface area contributed by atoms with Gasteiger partial charge in [0.25, 0.3) is 0 Å². The van der Waals surface area contributed by atoms with Crippen LogP contribution in [0.2, 0.25) is 5.02 Å². The number of ether oxygens (including phenoxy) is 1. The van der Waals surface area contributed by atoms with Crippen LogP contribution in [0.15, 0.2) is 42.5 Å². The van der Waals surface area contributed by atoms with Gasteiger partial charge in [0.1, 0.15) is 21.6 Å². The van der Waals surface area contributed by atoms with Crippen molar-refractivity contribution in [2.75, 3.05) is 6.61 Å².